The number of benzene rings is 3. The van der Waals surface area contributed by atoms with E-state index in [1.807, 2.05) is 6.92 Å². The van der Waals surface area contributed by atoms with E-state index in [0.29, 0.717) is 6.61 Å². The summed E-state index contributed by atoms with van der Waals surface area (Å²) in [4.78, 5) is 14.8. The normalized spacial score (nSPS) is 19.1. The number of likely N-dealkylation sites (tertiary alicyclic amines) is 1. The highest BCUT2D eigenvalue weighted by atomic mass is 16.5. The molecule has 2 aliphatic rings. The van der Waals surface area contributed by atoms with Gasteiger partial charge in [0.2, 0.25) is 0 Å². The molecule has 5 heteroatoms. The molecule has 1 aliphatic heterocycles. The number of aryl methyl sites for hydroxylation is 1. The fourth-order valence-electron chi connectivity index (χ4n) is 6.74. The van der Waals surface area contributed by atoms with Gasteiger partial charge < -0.3 is 14.6 Å². The molecule has 0 bridgehead atoms. The van der Waals surface area contributed by atoms with Crippen molar-refractivity contribution in [2.45, 2.75) is 57.7 Å². The first-order valence-corrected chi connectivity index (χ1v) is 13.4. The van der Waals surface area contributed by atoms with Gasteiger partial charge in [0.05, 0.1) is 12.6 Å². The highest BCUT2D eigenvalue weighted by Crippen LogP contribution is 2.50. The Morgan fingerprint density at radius 1 is 0.972 bits per heavy atom. The van der Waals surface area contributed by atoms with Gasteiger partial charge in [-0.25, -0.2) is 4.79 Å². The van der Waals surface area contributed by atoms with E-state index in [9.17, 15) is 4.79 Å². The number of nitrogens with one attached hydrogen (secondary N) is 1. The molecule has 2 heterocycles. The fraction of sp³-hybridized carbons (Fsp3) is 0.387. The quantitative estimate of drug-likeness (QED) is 0.352. The predicted molar refractivity (Wildman–Crippen MR) is 145 cm³/mol. The zero-order valence-electron chi connectivity index (χ0n) is 21.3. The van der Waals surface area contributed by atoms with Crippen LogP contribution in [0.2, 0.25) is 0 Å². The van der Waals surface area contributed by atoms with E-state index in [1.165, 1.54) is 38.5 Å². The summed E-state index contributed by atoms with van der Waals surface area (Å²) in [7, 11) is 0. The second kappa shape index (κ2) is 9.29. The van der Waals surface area contributed by atoms with Gasteiger partial charge in [0.15, 0.2) is 0 Å². The molecule has 1 amide bonds. The summed E-state index contributed by atoms with van der Waals surface area (Å²) in [6.45, 7) is 8.55. The van der Waals surface area contributed by atoms with E-state index >= 15 is 0 Å². The van der Waals surface area contributed by atoms with E-state index in [2.05, 4.69) is 88.4 Å². The molecule has 1 aromatic heterocycles. The van der Waals surface area contributed by atoms with Crippen LogP contribution in [0.3, 0.4) is 0 Å². The summed E-state index contributed by atoms with van der Waals surface area (Å²) in [5, 5.41) is 5.80. The van der Waals surface area contributed by atoms with Crippen molar-refractivity contribution in [1.29, 1.82) is 0 Å². The van der Waals surface area contributed by atoms with Gasteiger partial charge in [-0.05, 0) is 75.0 Å². The number of rotatable bonds is 5. The maximum atomic E-state index is 12.2. The molecular formula is C31H35N3O2. The predicted octanol–water partition coefficient (Wildman–Crippen LogP) is 6.54. The molecule has 1 atom stereocenters. The number of carbonyl (C=O) groups is 1. The Labute approximate surface area is 213 Å². The lowest BCUT2D eigenvalue weighted by molar-refractivity contribution is 0.135. The average molecular weight is 482 g/mol. The van der Waals surface area contributed by atoms with Crippen molar-refractivity contribution in [2.75, 3.05) is 19.7 Å². The number of carbonyl (C=O) groups excluding carboxylic acids is 1. The minimum Gasteiger partial charge on any atom is -0.450 e. The SMILES string of the molecule is CCOC(=O)NC1CC2(CCN(Cc3ccc4c5ccccc5n(CC)c4c3)CC2)c2ccccc21. The molecule has 186 valence electrons. The summed E-state index contributed by atoms with van der Waals surface area (Å²) in [5.41, 5.74) is 6.84. The van der Waals surface area contributed by atoms with Crippen LogP contribution in [-0.2, 0) is 23.2 Å². The molecule has 1 saturated heterocycles. The van der Waals surface area contributed by atoms with Gasteiger partial charge in [-0.3, -0.25) is 4.90 Å². The minimum absolute atomic E-state index is 0.0326. The summed E-state index contributed by atoms with van der Waals surface area (Å²) in [5.74, 6) is 0. The lowest BCUT2D eigenvalue weighted by atomic mass is 9.73. The number of para-hydroxylation sites is 1. The van der Waals surface area contributed by atoms with Crippen molar-refractivity contribution < 1.29 is 9.53 Å². The Morgan fingerprint density at radius 3 is 2.53 bits per heavy atom. The first-order valence-electron chi connectivity index (χ1n) is 13.4. The van der Waals surface area contributed by atoms with Gasteiger partial charge >= 0.3 is 6.09 Å². The number of piperidine rings is 1. The molecule has 6 rings (SSSR count). The third kappa shape index (κ3) is 3.86. The van der Waals surface area contributed by atoms with E-state index in [0.717, 1.165) is 45.4 Å². The van der Waals surface area contributed by atoms with Gasteiger partial charge in [0, 0.05) is 40.3 Å². The first kappa shape index (κ1) is 23.1. The second-order valence-corrected chi connectivity index (χ2v) is 10.4. The van der Waals surface area contributed by atoms with Crippen LogP contribution in [0.1, 0.15) is 55.8 Å². The highest BCUT2D eigenvalue weighted by Gasteiger charge is 2.45. The summed E-state index contributed by atoms with van der Waals surface area (Å²) in [6.07, 6.45) is 2.87. The number of nitrogens with zero attached hydrogens (tertiary/aromatic N) is 2. The third-order valence-corrected chi connectivity index (χ3v) is 8.44. The highest BCUT2D eigenvalue weighted by molar-refractivity contribution is 6.08. The van der Waals surface area contributed by atoms with Crippen LogP contribution in [0.25, 0.3) is 21.8 Å². The Balaban J connectivity index is 1.19. The van der Waals surface area contributed by atoms with Crippen LogP contribution in [0, 0.1) is 0 Å². The number of aromatic nitrogens is 1. The van der Waals surface area contributed by atoms with Crippen LogP contribution in [0.5, 0.6) is 0 Å². The van der Waals surface area contributed by atoms with Gasteiger partial charge in [-0.15, -0.1) is 0 Å². The van der Waals surface area contributed by atoms with Crippen molar-refractivity contribution >= 4 is 27.9 Å². The van der Waals surface area contributed by atoms with E-state index in [-0.39, 0.29) is 17.6 Å². The topological polar surface area (TPSA) is 46.5 Å². The monoisotopic (exact) mass is 481 g/mol. The third-order valence-electron chi connectivity index (χ3n) is 8.44. The molecule has 1 N–H and O–H groups in total. The van der Waals surface area contributed by atoms with E-state index < -0.39 is 0 Å². The lowest BCUT2D eigenvalue weighted by Crippen LogP contribution is -2.41. The van der Waals surface area contributed by atoms with Crippen molar-refractivity contribution in [3.63, 3.8) is 0 Å². The van der Waals surface area contributed by atoms with Gasteiger partial charge in [-0.2, -0.15) is 0 Å². The van der Waals surface area contributed by atoms with Gasteiger partial charge in [0.1, 0.15) is 0 Å². The number of amides is 1. The largest absolute Gasteiger partial charge is 0.450 e. The average Bonchev–Trinajstić information content (AvgIpc) is 3.38. The van der Waals surface area contributed by atoms with Crippen molar-refractivity contribution in [1.82, 2.24) is 14.8 Å². The Kier molecular flexibility index (Phi) is 5.96. The fourth-order valence-corrected chi connectivity index (χ4v) is 6.74. The molecule has 5 nitrogen and oxygen atoms in total. The molecule has 36 heavy (non-hydrogen) atoms. The van der Waals surface area contributed by atoms with Gasteiger partial charge in [-0.1, -0.05) is 54.6 Å². The standard InChI is InChI=1S/C31H35N3O2/c1-3-34-28-12-8-6-9-23(28)24-14-13-22(19-29(24)34)21-33-17-15-31(16-18-33)20-27(32-30(35)36-4-2)25-10-5-7-11-26(25)31/h5-14,19,27H,3-4,15-18,20-21H2,1-2H3,(H,32,35). The zero-order valence-corrected chi connectivity index (χ0v) is 21.3. The zero-order chi connectivity index (χ0) is 24.7. The smallest absolute Gasteiger partial charge is 0.407 e. The molecule has 1 aliphatic carbocycles. The maximum absolute atomic E-state index is 12.2. The van der Waals surface area contributed by atoms with E-state index in [4.69, 9.17) is 4.74 Å². The Morgan fingerprint density at radius 2 is 1.72 bits per heavy atom. The molecule has 1 unspecified atom stereocenters. The molecule has 0 saturated carbocycles. The van der Waals surface area contributed by atoms with Gasteiger partial charge in [0.25, 0.3) is 0 Å². The number of fused-ring (bicyclic) bond motifs is 5. The number of hydrogen-bond donors (Lipinski definition) is 1. The minimum atomic E-state index is -0.313. The second-order valence-electron chi connectivity index (χ2n) is 10.4. The number of hydrogen-bond acceptors (Lipinski definition) is 3. The number of ether oxygens (including phenoxy) is 1. The number of alkyl carbamates (subject to hydrolysis) is 1. The Hall–Kier alpha value is -3.31. The van der Waals surface area contributed by atoms with Crippen molar-refractivity contribution in [2.24, 2.45) is 0 Å². The maximum Gasteiger partial charge on any atom is 0.407 e. The molecule has 3 aromatic carbocycles. The summed E-state index contributed by atoms with van der Waals surface area (Å²) >= 11 is 0. The first-order chi connectivity index (χ1) is 17.6. The molecule has 1 spiro atoms. The summed E-state index contributed by atoms with van der Waals surface area (Å²) < 4.78 is 7.62. The Bertz CT molecular complexity index is 1410. The molecular weight excluding hydrogens is 446 g/mol. The molecule has 4 aromatic rings. The van der Waals surface area contributed by atoms with Crippen molar-refractivity contribution in [3.8, 4) is 0 Å². The van der Waals surface area contributed by atoms with Crippen LogP contribution in [0.4, 0.5) is 4.79 Å². The molecule has 0 radical (unpaired) electrons. The van der Waals surface area contributed by atoms with Crippen molar-refractivity contribution in [3.05, 3.63) is 83.4 Å². The van der Waals surface area contributed by atoms with Crippen LogP contribution in [0.15, 0.2) is 66.7 Å². The van der Waals surface area contributed by atoms with Crippen LogP contribution >= 0.6 is 0 Å². The lowest BCUT2D eigenvalue weighted by Gasteiger charge is -2.40. The van der Waals surface area contributed by atoms with E-state index in [1.54, 1.807) is 0 Å². The van der Waals surface area contributed by atoms with Crippen LogP contribution < -0.4 is 5.32 Å². The molecule has 1 fully saturated rings. The van der Waals surface area contributed by atoms with Crippen LogP contribution in [-0.4, -0.2) is 35.3 Å². The summed E-state index contributed by atoms with van der Waals surface area (Å²) in [6, 6.07) is 24.4.